The van der Waals surface area contributed by atoms with Crippen LogP contribution in [0.5, 0.6) is 0 Å². The summed E-state index contributed by atoms with van der Waals surface area (Å²) in [6, 6.07) is 0.633. The molecule has 1 unspecified atom stereocenters. The molecular formula is C10H20FN3. The molecule has 0 saturated carbocycles. The molecule has 2 aliphatic rings. The van der Waals surface area contributed by atoms with E-state index in [1.54, 1.807) is 0 Å². The minimum atomic E-state index is -0.551. The molecule has 0 aromatic heterocycles. The minimum Gasteiger partial charge on any atom is -0.322 e. The van der Waals surface area contributed by atoms with E-state index in [1.807, 2.05) is 0 Å². The standard InChI is InChI=1S/C10H20FN3/c11-7-10(12)3-6-14(8-10)9-1-4-13-5-2-9/h9,13H,1-8,12H2. The SMILES string of the molecule is NC1(CF)CCN(C2CCNCC2)C1. The Morgan fingerprint density at radius 3 is 2.71 bits per heavy atom. The Labute approximate surface area is 84.8 Å². The van der Waals surface area contributed by atoms with E-state index in [2.05, 4.69) is 10.2 Å². The summed E-state index contributed by atoms with van der Waals surface area (Å²) in [6.07, 6.45) is 3.18. The van der Waals surface area contributed by atoms with Crippen molar-refractivity contribution in [2.45, 2.75) is 30.8 Å². The van der Waals surface area contributed by atoms with Crippen LogP contribution >= 0.6 is 0 Å². The van der Waals surface area contributed by atoms with E-state index >= 15 is 0 Å². The Morgan fingerprint density at radius 2 is 2.14 bits per heavy atom. The molecule has 82 valence electrons. The summed E-state index contributed by atoms with van der Waals surface area (Å²) < 4.78 is 12.7. The Morgan fingerprint density at radius 1 is 1.43 bits per heavy atom. The lowest BCUT2D eigenvalue weighted by atomic mass is 10.0. The van der Waals surface area contributed by atoms with Gasteiger partial charge in [-0.1, -0.05) is 0 Å². The van der Waals surface area contributed by atoms with Crippen molar-refractivity contribution in [3.63, 3.8) is 0 Å². The van der Waals surface area contributed by atoms with Gasteiger partial charge in [-0.15, -0.1) is 0 Å². The number of halogens is 1. The Bertz CT molecular complexity index is 194. The van der Waals surface area contributed by atoms with Crippen molar-refractivity contribution in [2.75, 3.05) is 32.9 Å². The zero-order chi connectivity index (χ0) is 10.0. The first-order valence-corrected chi connectivity index (χ1v) is 5.53. The molecule has 3 nitrogen and oxygen atoms in total. The van der Waals surface area contributed by atoms with Gasteiger partial charge in [0.05, 0.1) is 5.54 Å². The second kappa shape index (κ2) is 4.13. The summed E-state index contributed by atoms with van der Waals surface area (Å²) in [6.45, 7) is 3.52. The molecule has 0 aromatic carbocycles. The molecule has 2 saturated heterocycles. The van der Waals surface area contributed by atoms with Gasteiger partial charge in [-0.3, -0.25) is 4.90 Å². The molecular weight excluding hydrogens is 181 g/mol. The van der Waals surface area contributed by atoms with Crippen LogP contribution in [0.3, 0.4) is 0 Å². The van der Waals surface area contributed by atoms with Gasteiger partial charge in [0.1, 0.15) is 6.67 Å². The lowest BCUT2D eigenvalue weighted by Crippen LogP contribution is -2.48. The highest BCUT2D eigenvalue weighted by Gasteiger charge is 2.37. The third-order valence-corrected chi connectivity index (χ3v) is 3.51. The molecule has 0 aromatic rings. The van der Waals surface area contributed by atoms with Crippen LogP contribution in [-0.2, 0) is 0 Å². The molecule has 0 spiro atoms. The average Bonchev–Trinajstić information content (AvgIpc) is 2.63. The van der Waals surface area contributed by atoms with E-state index in [4.69, 9.17) is 5.73 Å². The van der Waals surface area contributed by atoms with Crippen LogP contribution in [-0.4, -0.2) is 49.3 Å². The van der Waals surface area contributed by atoms with Gasteiger partial charge in [0.2, 0.25) is 0 Å². The lowest BCUT2D eigenvalue weighted by molar-refractivity contribution is 0.181. The van der Waals surface area contributed by atoms with Gasteiger partial charge < -0.3 is 11.1 Å². The Balaban J connectivity index is 1.88. The average molecular weight is 201 g/mol. The van der Waals surface area contributed by atoms with Crippen LogP contribution in [0, 0.1) is 0 Å². The topological polar surface area (TPSA) is 41.3 Å². The maximum Gasteiger partial charge on any atom is 0.109 e. The van der Waals surface area contributed by atoms with Gasteiger partial charge >= 0.3 is 0 Å². The van der Waals surface area contributed by atoms with Crippen LogP contribution in [0.25, 0.3) is 0 Å². The molecule has 0 radical (unpaired) electrons. The van der Waals surface area contributed by atoms with Crippen LogP contribution in [0.1, 0.15) is 19.3 Å². The van der Waals surface area contributed by atoms with Crippen molar-refractivity contribution < 1.29 is 4.39 Å². The number of hydrogen-bond acceptors (Lipinski definition) is 3. The predicted molar refractivity (Wildman–Crippen MR) is 55.0 cm³/mol. The fourth-order valence-corrected chi connectivity index (χ4v) is 2.52. The van der Waals surface area contributed by atoms with Crippen molar-refractivity contribution >= 4 is 0 Å². The van der Waals surface area contributed by atoms with Crippen molar-refractivity contribution in [3.8, 4) is 0 Å². The number of piperidine rings is 1. The zero-order valence-corrected chi connectivity index (χ0v) is 8.64. The van der Waals surface area contributed by atoms with Crippen LogP contribution in [0.15, 0.2) is 0 Å². The van der Waals surface area contributed by atoms with Gasteiger partial charge in [0.25, 0.3) is 0 Å². The summed E-state index contributed by atoms with van der Waals surface area (Å²) in [5.74, 6) is 0. The van der Waals surface area contributed by atoms with Gasteiger partial charge in [0, 0.05) is 19.1 Å². The van der Waals surface area contributed by atoms with Gasteiger partial charge in [-0.05, 0) is 32.4 Å². The number of alkyl halides is 1. The first kappa shape index (κ1) is 10.3. The number of nitrogens with two attached hydrogens (primary N) is 1. The monoisotopic (exact) mass is 201 g/mol. The summed E-state index contributed by atoms with van der Waals surface area (Å²) in [4.78, 5) is 2.38. The van der Waals surface area contributed by atoms with Crippen LogP contribution in [0.4, 0.5) is 4.39 Å². The number of nitrogens with one attached hydrogen (secondary N) is 1. The molecule has 14 heavy (non-hydrogen) atoms. The van der Waals surface area contributed by atoms with E-state index in [9.17, 15) is 4.39 Å². The normalized spacial score (nSPS) is 36.4. The molecule has 0 aliphatic carbocycles. The molecule has 3 N–H and O–H groups in total. The molecule has 0 amide bonds. The minimum absolute atomic E-state index is 0.380. The fourth-order valence-electron chi connectivity index (χ4n) is 2.52. The van der Waals surface area contributed by atoms with E-state index < -0.39 is 5.54 Å². The van der Waals surface area contributed by atoms with Crippen molar-refractivity contribution in [1.29, 1.82) is 0 Å². The summed E-state index contributed by atoms with van der Waals surface area (Å²) in [5.41, 5.74) is 5.37. The van der Waals surface area contributed by atoms with E-state index in [0.717, 1.165) is 32.6 Å². The second-order valence-corrected chi connectivity index (χ2v) is 4.70. The molecule has 2 aliphatic heterocycles. The molecule has 2 rings (SSSR count). The highest BCUT2D eigenvalue weighted by Crippen LogP contribution is 2.24. The quantitative estimate of drug-likeness (QED) is 0.666. The lowest BCUT2D eigenvalue weighted by Gasteiger charge is -2.32. The first-order valence-electron chi connectivity index (χ1n) is 5.53. The third kappa shape index (κ3) is 2.07. The first-order chi connectivity index (χ1) is 6.73. The summed E-state index contributed by atoms with van der Waals surface area (Å²) >= 11 is 0. The number of rotatable bonds is 2. The van der Waals surface area contributed by atoms with Gasteiger partial charge in [0.15, 0.2) is 0 Å². The van der Waals surface area contributed by atoms with Gasteiger partial charge in [-0.25, -0.2) is 4.39 Å². The van der Waals surface area contributed by atoms with Crippen molar-refractivity contribution in [3.05, 3.63) is 0 Å². The second-order valence-electron chi connectivity index (χ2n) is 4.70. The number of likely N-dealkylation sites (tertiary alicyclic amines) is 1. The summed E-state index contributed by atoms with van der Waals surface area (Å²) in [7, 11) is 0. The Kier molecular flexibility index (Phi) is 3.04. The fraction of sp³-hybridized carbons (Fsp3) is 1.00. The highest BCUT2D eigenvalue weighted by atomic mass is 19.1. The van der Waals surface area contributed by atoms with E-state index in [-0.39, 0.29) is 6.67 Å². The Hall–Kier alpha value is -0.190. The maximum absolute atomic E-state index is 12.7. The van der Waals surface area contributed by atoms with Crippen LogP contribution < -0.4 is 11.1 Å². The molecule has 1 atom stereocenters. The zero-order valence-electron chi connectivity index (χ0n) is 8.64. The number of nitrogens with zero attached hydrogens (tertiary/aromatic N) is 1. The highest BCUT2D eigenvalue weighted by molar-refractivity contribution is 4.96. The summed E-state index contributed by atoms with van der Waals surface area (Å²) in [5, 5.41) is 3.34. The smallest absolute Gasteiger partial charge is 0.109 e. The third-order valence-electron chi connectivity index (χ3n) is 3.51. The molecule has 2 fully saturated rings. The molecule has 0 bridgehead atoms. The predicted octanol–water partition coefficient (Wildman–Crippen LogP) is 0.111. The van der Waals surface area contributed by atoms with Gasteiger partial charge in [-0.2, -0.15) is 0 Å². The van der Waals surface area contributed by atoms with Crippen molar-refractivity contribution in [1.82, 2.24) is 10.2 Å². The van der Waals surface area contributed by atoms with E-state index in [0.29, 0.717) is 6.04 Å². The van der Waals surface area contributed by atoms with Crippen LogP contribution in [0.2, 0.25) is 0 Å². The molecule has 2 heterocycles. The van der Waals surface area contributed by atoms with Crippen molar-refractivity contribution in [2.24, 2.45) is 5.73 Å². The maximum atomic E-state index is 12.7. The van der Waals surface area contributed by atoms with E-state index in [1.165, 1.54) is 12.8 Å². The molecule has 4 heteroatoms. The largest absolute Gasteiger partial charge is 0.322 e. The number of hydrogen-bond donors (Lipinski definition) is 2.